The van der Waals surface area contributed by atoms with Crippen LogP contribution < -0.4 is 0 Å². The molecule has 0 aliphatic rings. The molecule has 0 aliphatic heterocycles. The van der Waals surface area contributed by atoms with E-state index in [4.69, 9.17) is 42.8 Å². The summed E-state index contributed by atoms with van der Waals surface area (Å²) >= 11 is 0. The van der Waals surface area contributed by atoms with Crippen molar-refractivity contribution in [1.82, 2.24) is 0 Å². The Morgan fingerprint density at radius 3 is 1.08 bits per heavy atom. The first-order valence-electron chi connectivity index (χ1n) is 12.2. The molecule has 0 amide bonds. The lowest BCUT2D eigenvalue weighted by molar-refractivity contribution is -0.243. The maximum Gasteiger partial charge on any atom is 0.171 e. The Kier molecular flexibility index (Phi) is 31.4. The fraction of sp³-hybridized carbons (Fsp3) is 0.769. The van der Waals surface area contributed by atoms with Crippen molar-refractivity contribution in [2.45, 2.75) is 20.3 Å². The van der Waals surface area contributed by atoms with Gasteiger partial charge in [0.2, 0.25) is 0 Å². The van der Waals surface area contributed by atoms with E-state index in [9.17, 15) is 0 Å². The predicted octanol–water partition coefficient (Wildman–Crippen LogP) is 1.47. The van der Waals surface area contributed by atoms with E-state index in [1.54, 1.807) is 6.92 Å². The predicted molar refractivity (Wildman–Crippen MR) is 133 cm³/mol. The summed E-state index contributed by atoms with van der Waals surface area (Å²) in [7, 11) is 0. The Morgan fingerprint density at radius 2 is 0.722 bits per heavy atom. The highest BCUT2D eigenvalue weighted by Crippen LogP contribution is 1.86. The molecule has 36 heavy (non-hydrogen) atoms. The molecule has 0 aromatic rings. The maximum absolute atomic E-state index is 5.44. The SMILES string of the molecule is CC#CC#CC#COOCCOCCOCCOCCOCCOCCOCCOCCOCCC. The smallest absolute Gasteiger partial charge is 0.171 e. The van der Waals surface area contributed by atoms with Crippen LogP contribution in [0.25, 0.3) is 0 Å². The monoisotopic (exact) mass is 514 g/mol. The van der Waals surface area contributed by atoms with Crippen molar-refractivity contribution in [3.05, 3.63) is 0 Å². The van der Waals surface area contributed by atoms with Crippen LogP contribution >= 0.6 is 0 Å². The standard InChI is InChI=1S/C26H42O10/c1-3-5-6-7-8-10-35-36-26-25-34-24-23-33-22-21-32-20-19-31-18-17-30-16-15-29-14-13-28-12-11-27-9-4-2/h4,9,11-26H2,1-2H3. The van der Waals surface area contributed by atoms with Crippen molar-refractivity contribution >= 4 is 0 Å². The first-order valence-corrected chi connectivity index (χ1v) is 12.2. The minimum absolute atomic E-state index is 0.254. The highest BCUT2D eigenvalue weighted by molar-refractivity contribution is 5.34. The van der Waals surface area contributed by atoms with E-state index < -0.39 is 0 Å². The molecular weight excluding hydrogens is 472 g/mol. The van der Waals surface area contributed by atoms with Crippen LogP contribution in [0.3, 0.4) is 0 Å². The molecule has 0 aliphatic carbocycles. The van der Waals surface area contributed by atoms with Gasteiger partial charge in [-0.15, -0.1) is 0 Å². The quantitative estimate of drug-likeness (QED) is 0.0694. The van der Waals surface area contributed by atoms with E-state index in [2.05, 4.69) is 47.5 Å². The Labute approximate surface area is 216 Å². The van der Waals surface area contributed by atoms with Crippen LogP contribution in [0.5, 0.6) is 0 Å². The van der Waals surface area contributed by atoms with Crippen LogP contribution in [-0.4, -0.2) is 112 Å². The zero-order chi connectivity index (χ0) is 26.0. The fourth-order valence-corrected chi connectivity index (χ4v) is 2.12. The van der Waals surface area contributed by atoms with Crippen molar-refractivity contribution in [3.63, 3.8) is 0 Å². The second-order valence-corrected chi connectivity index (χ2v) is 6.66. The lowest BCUT2D eigenvalue weighted by Gasteiger charge is -2.08. The molecule has 0 rings (SSSR count). The van der Waals surface area contributed by atoms with Gasteiger partial charge in [-0.2, -0.15) is 4.89 Å². The molecule has 0 saturated heterocycles. The molecule has 0 spiro atoms. The van der Waals surface area contributed by atoms with Gasteiger partial charge in [-0.25, -0.2) is 0 Å². The first-order chi connectivity index (χ1) is 17.9. The summed E-state index contributed by atoms with van der Waals surface area (Å²) in [5, 5.41) is 0. The highest BCUT2D eigenvalue weighted by atomic mass is 17.2. The van der Waals surface area contributed by atoms with Gasteiger partial charge in [0.05, 0.1) is 99.1 Å². The Bertz CT molecular complexity index is 624. The largest absolute Gasteiger partial charge is 0.379 e. The van der Waals surface area contributed by atoms with E-state index in [0.29, 0.717) is 99.1 Å². The molecule has 206 valence electrons. The average Bonchev–Trinajstić information content (AvgIpc) is 2.89. The van der Waals surface area contributed by atoms with Gasteiger partial charge in [-0.05, 0) is 25.2 Å². The molecule has 0 atom stereocenters. The van der Waals surface area contributed by atoms with Gasteiger partial charge in [0.1, 0.15) is 6.61 Å². The van der Waals surface area contributed by atoms with Crippen LogP contribution in [0.15, 0.2) is 0 Å². The molecule has 0 radical (unpaired) electrons. The third-order valence-electron chi connectivity index (χ3n) is 3.73. The third-order valence-corrected chi connectivity index (χ3v) is 3.73. The van der Waals surface area contributed by atoms with Crippen LogP contribution in [0.4, 0.5) is 0 Å². The van der Waals surface area contributed by atoms with E-state index in [1.165, 1.54) is 0 Å². The number of rotatable bonds is 27. The van der Waals surface area contributed by atoms with Crippen LogP contribution in [0.1, 0.15) is 20.3 Å². The summed E-state index contributed by atoms with van der Waals surface area (Å²) in [6.45, 7) is 12.5. The van der Waals surface area contributed by atoms with Gasteiger partial charge >= 0.3 is 0 Å². The summed E-state index contributed by atoms with van der Waals surface area (Å²) in [6, 6.07) is 0. The lowest BCUT2D eigenvalue weighted by atomic mass is 10.5. The zero-order valence-corrected chi connectivity index (χ0v) is 21.8. The third kappa shape index (κ3) is 32.1. The summed E-state index contributed by atoms with van der Waals surface area (Å²) in [5.41, 5.74) is 0. The van der Waals surface area contributed by atoms with Crippen molar-refractivity contribution in [3.8, 4) is 35.7 Å². The second kappa shape index (κ2) is 33.1. The van der Waals surface area contributed by atoms with Crippen molar-refractivity contribution in [2.75, 3.05) is 112 Å². The number of hydrogen-bond donors (Lipinski definition) is 0. The minimum Gasteiger partial charge on any atom is -0.379 e. The van der Waals surface area contributed by atoms with Gasteiger partial charge in [0, 0.05) is 18.4 Å². The van der Waals surface area contributed by atoms with Gasteiger partial charge in [-0.1, -0.05) is 12.8 Å². The van der Waals surface area contributed by atoms with Crippen molar-refractivity contribution in [2.24, 2.45) is 0 Å². The first kappa shape index (κ1) is 34.1. The maximum atomic E-state index is 5.44. The van der Waals surface area contributed by atoms with Crippen LogP contribution in [0.2, 0.25) is 0 Å². The van der Waals surface area contributed by atoms with Gasteiger partial charge in [0.25, 0.3) is 0 Å². The van der Waals surface area contributed by atoms with Gasteiger partial charge in [-0.3, -0.25) is 4.89 Å². The zero-order valence-electron chi connectivity index (χ0n) is 21.8. The molecule has 0 unspecified atom stereocenters. The Morgan fingerprint density at radius 1 is 0.389 bits per heavy atom. The fourth-order valence-electron chi connectivity index (χ4n) is 2.12. The summed E-state index contributed by atoms with van der Waals surface area (Å²) < 4.78 is 43.1. The normalized spacial score (nSPS) is 10.1. The van der Waals surface area contributed by atoms with Gasteiger partial charge < -0.3 is 37.9 Å². The molecule has 0 heterocycles. The molecular formula is C26H42O10. The highest BCUT2D eigenvalue weighted by Gasteiger charge is 1.95. The van der Waals surface area contributed by atoms with E-state index in [1.807, 2.05) is 0 Å². The Balaban J connectivity index is 3.09. The molecule has 0 saturated carbocycles. The summed E-state index contributed by atoms with van der Waals surface area (Å²) in [4.78, 5) is 9.40. The topological polar surface area (TPSA) is 92.3 Å². The Hall–Kier alpha value is -1.88. The average molecular weight is 515 g/mol. The minimum atomic E-state index is 0.254. The van der Waals surface area contributed by atoms with Crippen molar-refractivity contribution in [1.29, 1.82) is 0 Å². The molecule has 0 aromatic carbocycles. The van der Waals surface area contributed by atoms with Gasteiger partial charge in [0.15, 0.2) is 6.11 Å². The number of hydrogen-bond acceptors (Lipinski definition) is 10. The lowest BCUT2D eigenvalue weighted by Crippen LogP contribution is -2.15. The molecule has 0 bridgehead atoms. The molecule has 10 nitrogen and oxygen atoms in total. The summed E-state index contributed by atoms with van der Waals surface area (Å²) in [6.07, 6.45) is 3.30. The molecule has 0 aromatic heterocycles. The molecule has 10 heteroatoms. The number of ether oxygens (including phenoxy) is 8. The second-order valence-electron chi connectivity index (χ2n) is 6.66. The molecule has 0 N–H and O–H groups in total. The van der Waals surface area contributed by atoms with Crippen LogP contribution in [0, 0.1) is 35.7 Å². The van der Waals surface area contributed by atoms with Crippen molar-refractivity contribution < 1.29 is 47.7 Å². The molecule has 0 fully saturated rings. The van der Waals surface area contributed by atoms with Crippen LogP contribution in [-0.2, 0) is 47.7 Å². The van der Waals surface area contributed by atoms with E-state index in [0.717, 1.165) is 13.0 Å². The van der Waals surface area contributed by atoms with E-state index in [-0.39, 0.29) is 6.61 Å². The van der Waals surface area contributed by atoms with E-state index >= 15 is 0 Å². The summed E-state index contributed by atoms with van der Waals surface area (Å²) in [5.74, 6) is 12.6.